The maximum absolute atomic E-state index is 11.8. The minimum Gasteiger partial charge on any atom is -0.438 e. The number of hydrogen-bond acceptors (Lipinski definition) is 6. The van der Waals surface area contributed by atoms with Gasteiger partial charge in [0.15, 0.2) is 5.76 Å². The van der Waals surface area contributed by atoms with Crippen molar-refractivity contribution >= 4 is 27.3 Å². The first-order valence-electron chi connectivity index (χ1n) is 5.46. The smallest absolute Gasteiger partial charge is 0.291 e. The zero-order chi connectivity index (χ0) is 15.6. The molecule has 2 aromatic rings. The van der Waals surface area contributed by atoms with Crippen molar-refractivity contribution < 1.29 is 22.6 Å². The second-order valence-corrected chi connectivity index (χ2v) is 5.41. The number of sulfonamides is 1. The first-order valence-corrected chi connectivity index (χ1v) is 7.00. The molecule has 1 aromatic heterocycles. The predicted molar refractivity (Wildman–Crippen MR) is 71.1 cm³/mol. The molecule has 1 heterocycles. The number of furan rings is 1. The summed E-state index contributed by atoms with van der Waals surface area (Å²) in [6.07, 6.45) is 0. The van der Waals surface area contributed by atoms with Gasteiger partial charge in [-0.3, -0.25) is 14.9 Å². The van der Waals surface area contributed by atoms with E-state index < -0.39 is 25.9 Å². The Balaban J connectivity index is 2.14. The highest BCUT2D eigenvalue weighted by Crippen LogP contribution is 2.17. The highest BCUT2D eigenvalue weighted by molar-refractivity contribution is 7.89. The molecule has 0 aliphatic carbocycles. The van der Waals surface area contributed by atoms with Crippen LogP contribution in [0.1, 0.15) is 10.6 Å². The van der Waals surface area contributed by atoms with Crippen LogP contribution in [-0.2, 0) is 10.0 Å². The Labute approximate surface area is 118 Å². The first-order chi connectivity index (χ1) is 9.77. The van der Waals surface area contributed by atoms with Crippen molar-refractivity contribution in [3.05, 3.63) is 52.3 Å². The SMILES string of the molecule is NS(=O)(=O)c1ccc(C(=O)Nc2ccc([N+](=O)[O-])cc2)o1. The molecular weight excluding hydrogens is 302 g/mol. The van der Waals surface area contributed by atoms with E-state index in [0.29, 0.717) is 5.69 Å². The number of non-ortho nitro benzene ring substituents is 1. The molecule has 3 N–H and O–H groups in total. The second kappa shape index (κ2) is 5.34. The molecule has 0 bridgehead atoms. The fraction of sp³-hybridized carbons (Fsp3) is 0. The van der Waals surface area contributed by atoms with Crippen molar-refractivity contribution in [1.29, 1.82) is 0 Å². The van der Waals surface area contributed by atoms with Gasteiger partial charge < -0.3 is 9.73 Å². The summed E-state index contributed by atoms with van der Waals surface area (Å²) in [5, 5.41) is 17.2. The van der Waals surface area contributed by atoms with Gasteiger partial charge >= 0.3 is 0 Å². The van der Waals surface area contributed by atoms with E-state index in [-0.39, 0.29) is 11.4 Å². The summed E-state index contributed by atoms with van der Waals surface area (Å²) >= 11 is 0. The first kappa shape index (κ1) is 14.7. The molecule has 0 radical (unpaired) electrons. The van der Waals surface area contributed by atoms with Crippen molar-refractivity contribution in [2.75, 3.05) is 5.32 Å². The van der Waals surface area contributed by atoms with Crippen LogP contribution >= 0.6 is 0 Å². The molecule has 2 rings (SSSR count). The Morgan fingerprint density at radius 3 is 2.29 bits per heavy atom. The standard InChI is InChI=1S/C11H9N3O6S/c12-21(18,19)10-6-5-9(20-10)11(15)13-7-1-3-8(4-2-7)14(16)17/h1-6H,(H,13,15)(H2,12,18,19). The van der Waals surface area contributed by atoms with Crippen LogP contribution in [-0.4, -0.2) is 19.2 Å². The van der Waals surface area contributed by atoms with Crippen LogP contribution in [0.3, 0.4) is 0 Å². The lowest BCUT2D eigenvalue weighted by Crippen LogP contribution is -2.12. The zero-order valence-corrected chi connectivity index (χ0v) is 11.2. The van der Waals surface area contributed by atoms with Crippen LogP contribution in [0.2, 0.25) is 0 Å². The number of benzene rings is 1. The third kappa shape index (κ3) is 3.43. The number of primary sulfonamides is 1. The van der Waals surface area contributed by atoms with E-state index in [1.54, 1.807) is 0 Å². The molecule has 110 valence electrons. The summed E-state index contributed by atoms with van der Waals surface area (Å²) in [6, 6.07) is 7.31. The normalized spacial score (nSPS) is 11.1. The lowest BCUT2D eigenvalue weighted by molar-refractivity contribution is -0.384. The molecule has 0 atom stereocenters. The number of amides is 1. The Morgan fingerprint density at radius 1 is 1.19 bits per heavy atom. The summed E-state index contributed by atoms with van der Waals surface area (Å²) < 4.78 is 26.8. The maximum atomic E-state index is 11.8. The molecule has 0 fully saturated rings. The van der Waals surface area contributed by atoms with Gasteiger partial charge in [-0.15, -0.1) is 0 Å². The molecule has 0 aliphatic heterocycles. The molecule has 0 saturated carbocycles. The van der Waals surface area contributed by atoms with Crippen LogP contribution in [0.25, 0.3) is 0 Å². The second-order valence-electron chi connectivity index (χ2n) is 3.92. The van der Waals surface area contributed by atoms with E-state index in [9.17, 15) is 23.3 Å². The molecule has 0 saturated heterocycles. The number of rotatable bonds is 4. The molecule has 1 amide bonds. The third-order valence-corrected chi connectivity index (χ3v) is 3.20. The van der Waals surface area contributed by atoms with Gasteiger partial charge in [0.1, 0.15) is 0 Å². The van der Waals surface area contributed by atoms with Crippen LogP contribution in [0, 0.1) is 10.1 Å². The number of nitro groups is 1. The minimum absolute atomic E-state index is 0.123. The number of nitrogens with two attached hydrogens (primary N) is 1. The molecule has 0 spiro atoms. The molecule has 10 heteroatoms. The molecule has 1 aromatic carbocycles. The van der Waals surface area contributed by atoms with Gasteiger partial charge in [-0.05, 0) is 24.3 Å². The van der Waals surface area contributed by atoms with Crippen molar-refractivity contribution in [1.82, 2.24) is 0 Å². The monoisotopic (exact) mass is 311 g/mol. The van der Waals surface area contributed by atoms with Crippen molar-refractivity contribution in [2.24, 2.45) is 5.14 Å². The van der Waals surface area contributed by atoms with Crippen LogP contribution in [0.5, 0.6) is 0 Å². The van der Waals surface area contributed by atoms with Gasteiger partial charge in [0.25, 0.3) is 21.6 Å². The average molecular weight is 311 g/mol. The van der Waals surface area contributed by atoms with E-state index >= 15 is 0 Å². The number of nitrogens with one attached hydrogen (secondary N) is 1. The molecule has 0 unspecified atom stereocenters. The highest BCUT2D eigenvalue weighted by atomic mass is 32.2. The van der Waals surface area contributed by atoms with Crippen molar-refractivity contribution in [2.45, 2.75) is 5.09 Å². The number of carbonyl (C=O) groups is 1. The molecule has 9 nitrogen and oxygen atoms in total. The van der Waals surface area contributed by atoms with Gasteiger partial charge in [0, 0.05) is 17.8 Å². The van der Waals surface area contributed by atoms with E-state index in [2.05, 4.69) is 5.32 Å². The number of anilines is 1. The van der Waals surface area contributed by atoms with E-state index in [0.717, 1.165) is 12.1 Å². The lowest BCUT2D eigenvalue weighted by atomic mass is 10.3. The number of nitro benzene ring substituents is 1. The molecule has 0 aliphatic rings. The zero-order valence-electron chi connectivity index (χ0n) is 10.3. The Morgan fingerprint density at radius 2 is 1.81 bits per heavy atom. The quantitative estimate of drug-likeness (QED) is 0.638. The minimum atomic E-state index is -4.03. The summed E-state index contributed by atoms with van der Waals surface area (Å²) in [7, 11) is -4.03. The van der Waals surface area contributed by atoms with Gasteiger partial charge in [-0.2, -0.15) is 0 Å². The predicted octanol–water partition coefficient (Wildman–Crippen LogP) is 1.09. The van der Waals surface area contributed by atoms with Crippen molar-refractivity contribution in [3.63, 3.8) is 0 Å². The summed E-state index contributed by atoms with van der Waals surface area (Å²) in [5.41, 5.74) is 0.168. The Hall–Kier alpha value is -2.72. The highest BCUT2D eigenvalue weighted by Gasteiger charge is 2.17. The van der Waals surface area contributed by atoms with Crippen LogP contribution in [0.4, 0.5) is 11.4 Å². The summed E-state index contributed by atoms with van der Waals surface area (Å²) in [5.74, 6) is -0.962. The van der Waals surface area contributed by atoms with E-state index in [4.69, 9.17) is 9.56 Å². The van der Waals surface area contributed by atoms with Gasteiger partial charge in [0.05, 0.1) is 4.92 Å². The maximum Gasteiger partial charge on any atom is 0.291 e. The van der Waals surface area contributed by atoms with Gasteiger partial charge in [0.2, 0.25) is 5.09 Å². The fourth-order valence-corrected chi connectivity index (χ4v) is 1.92. The van der Waals surface area contributed by atoms with Crippen molar-refractivity contribution in [3.8, 4) is 0 Å². The summed E-state index contributed by atoms with van der Waals surface area (Å²) in [4.78, 5) is 21.7. The largest absolute Gasteiger partial charge is 0.438 e. The van der Waals surface area contributed by atoms with Gasteiger partial charge in [-0.1, -0.05) is 0 Å². The van der Waals surface area contributed by atoms with E-state index in [1.807, 2.05) is 0 Å². The lowest BCUT2D eigenvalue weighted by Gasteiger charge is -2.02. The topological polar surface area (TPSA) is 146 Å². The molecule has 21 heavy (non-hydrogen) atoms. The fourth-order valence-electron chi connectivity index (χ4n) is 1.45. The van der Waals surface area contributed by atoms with Crippen LogP contribution < -0.4 is 10.5 Å². The number of hydrogen-bond donors (Lipinski definition) is 2. The Bertz CT molecular complexity index is 794. The number of carbonyl (C=O) groups excluding carboxylic acids is 1. The molecular formula is C11H9N3O6S. The Kier molecular flexibility index (Phi) is 3.74. The van der Waals surface area contributed by atoms with Gasteiger partial charge in [-0.25, -0.2) is 13.6 Å². The van der Waals surface area contributed by atoms with Crippen LogP contribution in [0.15, 0.2) is 45.9 Å². The average Bonchev–Trinajstić information content (AvgIpc) is 2.88. The van der Waals surface area contributed by atoms with E-state index in [1.165, 1.54) is 24.3 Å². The number of nitrogens with zero attached hydrogens (tertiary/aromatic N) is 1. The summed E-state index contributed by atoms with van der Waals surface area (Å²) in [6.45, 7) is 0. The third-order valence-electron chi connectivity index (χ3n) is 2.42.